The predicted octanol–water partition coefficient (Wildman–Crippen LogP) is 3.27. The van der Waals surface area contributed by atoms with Crippen molar-refractivity contribution in [3.8, 4) is 0 Å². The molecule has 0 saturated heterocycles. The molecule has 1 aliphatic rings. The molecule has 1 unspecified atom stereocenters. The first-order chi connectivity index (χ1) is 11.8. The molecule has 134 valence electrons. The van der Waals surface area contributed by atoms with Crippen molar-refractivity contribution in [1.82, 2.24) is 4.90 Å². The number of carbonyl (C=O) groups excluding carboxylic acids is 2. The van der Waals surface area contributed by atoms with Gasteiger partial charge in [-0.3, -0.25) is 14.4 Å². The Balaban J connectivity index is 2.19. The Kier molecular flexibility index (Phi) is 6.20. The number of carboxylic acids is 1. The molecule has 0 aromatic heterocycles. The first-order valence-electron chi connectivity index (χ1n) is 8.05. The fourth-order valence-electron chi connectivity index (χ4n) is 2.97. The first kappa shape index (κ1) is 19.0. The van der Waals surface area contributed by atoms with Crippen LogP contribution in [0.1, 0.15) is 44.2 Å². The van der Waals surface area contributed by atoms with Crippen LogP contribution in [0.3, 0.4) is 0 Å². The highest BCUT2D eigenvalue weighted by Crippen LogP contribution is 2.38. The third kappa shape index (κ3) is 4.39. The molecule has 0 radical (unpaired) electrons. The fourth-order valence-corrected chi connectivity index (χ4v) is 3.10. The van der Waals surface area contributed by atoms with Crippen LogP contribution in [0.4, 0.5) is 0 Å². The molecule has 1 aromatic carbocycles. The molecule has 0 bridgehead atoms. The molecule has 0 fully saturated rings. The van der Waals surface area contributed by atoms with E-state index in [1.165, 1.54) is 11.8 Å². The summed E-state index contributed by atoms with van der Waals surface area (Å²) < 4.78 is 0. The van der Waals surface area contributed by atoms with Gasteiger partial charge in [-0.1, -0.05) is 30.2 Å². The van der Waals surface area contributed by atoms with Crippen molar-refractivity contribution in [1.29, 1.82) is 0 Å². The highest BCUT2D eigenvalue weighted by atomic mass is 35.5. The molecular weight excluding hydrogens is 346 g/mol. The summed E-state index contributed by atoms with van der Waals surface area (Å²) in [7, 11) is 0. The normalized spacial score (nSPS) is 17.3. The Labute approximate surface area is 150 Å². The van der Waals surface area contributed by atoms with Gasteiger partial charge in [0.2, 0.25) is 0 Å². The number of hydrogen-bond acceptors (Lipinski definition) is 4. The number of carbonyl (C=O) groups is 3. The largest absolute Gasteiger partial charge is 0.503 e. The van der Waals surface area contributed by atoms with Gasteiger partial charge >= 0.3 is 5.97 Å². The Morgan fingerprint density at radius 3 is 2.36 bits per heavy atom. The Hall–Kier alpha value is -2.34. The number of carboxylic acid groups (broad SMARTS) is 1. The molecule has 2 N–H and O–H groups in total. The van der Waals surface area contributed by atoms with Crippen molar-refractivity contribution in [2.45, 2.75) is 38.6 Å². The molecule has 0 saturated carbocycles. The maximum Gasteiger partial charge on any atom is 0.303 e. The van der Waals surface area contributed by atoms with Gasteiger partial charge in [0.05, 0.1) is 11.6 Å². The number of unbranched alkanes of at least 4 members (excludes halogenated alkanes) is 2. The second-order valence-corrected chi connectivity index (χ2v) is 6.41. The third-order valence-corrected chi connectivity index (χ3v) is 4.41. The Bertz CT molecular complexity index is 711. The lowest BCUT2D eigenvalue weighted by atomic mass is 9.96. The van der Waals surface area contributed by atoms with E-state index in [1.807, 2.05) is 0 Å². The topological polar surface area (TPSA) is 94.9 Å². The van der Waals surface area contributed by atoms with Crippen LogP contribution in [-0.4, -0.2) is 39.3 Å². The number of amides is 1. The molecule has 1 atom stereocenters. The standard InChI is InChI=1S/C18H20ClNO5/c1-11(21)15-16(12-6-8-13(19)9-7-12)20(18(25)17(15)24)10-4-2-3-5-14(22)23/h6-9,16,24H,2-5,10H2,1H3,(H,22,23). The molecular formula is C18H20ClNO5. The lowest BCUT2D eigenvalue weighted by Crippen LogP contribution is -2.32. The lowest BCUT2D eigenvalue weighted by Gasteiger charge is -2.26. The average molecular weight is 366 g/mol. The van der Waals surface area contributed by atoms with E-state index in [4.69, 9.17) is 16.7 Å². The predicted molar refractivity (Wildman–Crippen MR) is 92.3 cm³/mol. The van der Waals surface area contributed by atoms with Gasteiger partial charge in [0.1, 0.15) is 0 Å². The number of benzene rings is 1. The Morgan fingerprint density at radius 1 is 1.16 bits per heavy atom. The number of Topliss-reactive ketones (excluding diaryl/α,β-unsaturated/α-hetero) is 1. The summed E-state index contributed by atoms with van der Waals surface area (Å²) in [6.45, 7) is 1.64. The van der Waals surface area contributed by atoms with Crippen LogP contribution in [-0.2, 0) is 14.4 Å². The summed E-state index contributed by atoms with van der Waals surface area (Å²) in [5, 5.41) is 19.3. The van der Waals surface area contributed by atoms with E-state index in [2.05, 4.69) is 0 Å². The van der Waals surface area contributed by atoms with Crippen molar-refractivity contribution in [3.05, 3.63) is 46.2 Å². The molecule has 1 heterocycles. The third-order valence-electron chi connectivity index (χ3n) is 4.16. The second kappa shape index (κ2) is 8.16. The highest BCUT2D eigenvalue weighted by Gasteiger charge is 2.41. The summed E-state index contributed by atoms with van der Waals surface area (Å²) in [6.07, 6.45) is 1.82. The van der Waals surface area contributed by atoms with Crippen molar-refractivity contribution in [2.75, 3.05) is 6.54 Å². The number of ketones is 1. The van der Waals surface area contributed by atoms with Crippen LogP contribution in [0.5, 0.6) is 0 Å². The van der Waals surface area contributed by atoms with Gasteiger partial charge in [-0.2, -0.15) is 0 Å². The smallest absolute Gasteiger partial charge is 0.303 e. The quantitative estimate of drug-likeness (QED) is 0.689. The zero-order chi connectivity index (χ0) is 18.6. The van der Waals surface area contributed by atoms with Crippen molar-refractivity contribution in [2.24, 2.45) is 0 Å². The van der Waals surface area contributed by atoms with Crippen molar-refractivity contribution in [3.63, 3.8) is 0 Å². The van der Waals surface area contributed by atoms with Crippen LogP contribution in [0, 0.1) is 0 Å². The minimum Gasteiger partial charge on any atom is -0.503 e. The number of rotatable bonds is 8. The first-order valence-corrected chi connectivity index (χ1v) is 8.43. The maximum absolute atomic E-state index is 12.4. The number of halogens is 1. The summed E-state index contributed by atoms with van der Waals surface area (Å²) in [5.41, 5.74) is 0.774. The fraction of sp³-hybridized carbons (Fsp3) is 0.389. The molecule has 1 amide bonds. The second-order valence-electron chi connectivity index (χ2n) is 5.98. The van der Waals surface area contributed by atoms with Gasteiger partial charge in [-0.05, 0) is 37.5 Å². The van der Waals surface area contributed by atoms with Gasteiger partial charge in [0.15, 0.2) is 11.5 Å². The van der Waals surface area contributed by atoms with Crippen LogP contribution in [0.15, 0.2) is 35.6 Å². The molecule has 0 spiro atoms. The van der Waals surface area contributed by atoms with E-state index >= 15 is 0 Å². The molecule has 0 aliphatic carbocycles. The van der Waals surface area contributed by atoms with E-state index in [0.29, 0.717) is 36.4 Å². The molecule has 1 aromatic rings. The Morgan fingerprint density at radius 2 is 1.80 bits per heavy atom. The summed E-state index contributed by atoms with van der Waals surface area (Å²) >= 11 is 5.90. The van der Waals surface area contributed by atoms with Gasteiger partial charge in [-0.15, -0.1) is 0 Å². The van der Waals surface area contributed by atoms with E-state index < -0.39 is 23.7 Å². The van der Waals surface area contributed by atoms with Gasteiger partial charge in [0.25, 0.3) is 5.91 Å². The van der Waals surface area contributed by atoms with E-state index in [1.54, 1.807) is 24.3 Å². The summed E-state index contributed by atoms with van der Waals surface area (Å²) in [4.78, 5) is 36.3. The molecule has 2 rings (SSSR count). The molecule has 6 nitrogen and oxygen atoms in total. The number of aliphatic hydroxyl groups is 1. The highest BCUT2D eigenvalue weighted by molar-refractivity contribution is 6.30. The summed E-state index contributed by atoms with van der Waals surface area (Å²) in [6, 6.07) is 6.12. The van der Waals surface area contributed by atoms with E-state index in [-0.39, 0.29) is 17.8 Å². The lowest BCUT2D eigenvalue weighted by molar-refractivity contribution is -0.137. The van der Waals surface area contributed by atoms with E-state index in [9.17, 15) is 19.5 Å². The maximum atomic E-state index is 12.4. The average Bonchev–Trinajstić information content (AvgIpc) is 2.80. The minimum absolute atomic E-state index is 0.0801. The van der Waals surface area contributed by atoms with E-state index in [0.717, 1.165) is 0 Å². The van der Waals surface area contributed by atoms with Crippen molar-refractivity contribution < 1.29 is 24.6 Å². The van der Waals surface area contributed by atoms with Crippen LogP contribution >= 0.6 is 11.6 Å². The molecule has 7 heteroatoms. The van der Waals surface area contributed by atoms with Crippen LogP contribution in [0.2, 0.25) is 5.02 Å². The van der Waals surface area contributed by atoms with Gasteiger partial charge in [-0.25, -0.2) is 0 Å². The van der Waals surface area contributed by atoms with Crippen LogP contribution < -0.4 is 0 Å². The minimum atomic E-state index is -0.852. The number of hydrogen-bond donors (Lipinski definition) is 2. The monoisotopic (exact) mass is 365 g/mol. The molecule has 1 aliphatic heterocycles. The van der Waals surface area contributed by atoms with Crippen LogP contribution in [0.25, 0.3) is 0 Å². The summed E-state index contributed by atoms with van der Waals surface area (Å²) in [5.74, 6) is -2.31. The van der Waals surface area contributed by atoms with Gasteiger partial charge in [0, 0.05) is 18.0 Å². The number of nitrogens with zero attached hydrogens (tertiary/aromatic N) is 1. The molecule has 25 heavy (non-hydrogen) atoms. The van der Waals surface area contributed by atoms with Gasteiger partial charge < -0.3 is 15.1 Å². The SMILES string of the molecule is CC(=O)C1=C(O)C(=O)N(CCCCCC(=O)O)C1c1ccc(Cl)cc1. The zero-order valence-electron chi connectivity index (χ0n) is 13.9. The number of aliphatic carboxylic acids is 1. The number of aliphatic hydroxyl groups excluding tert-OH is 1. The van der Waals surface area contributed by atoms with Crippen molar-refractivity contribution >= 4 is 29.3 Å². The zero-order valence-corrected chi connectivity index (χ0v) is 14.6.